The molecule has 2 saturated heterocycles. The zero-order valence-corrected chi connectivity index (χ0v) is 14.1. The number of ether oxygens (including phenoxy) is 3. The highest BCUT2D eigenvalue weighted by molar-refractivity contribution is 6.42. The second-order valence-corrected chi connectivity index (χ2v) is 7.05. The third-order valence-corrected chi connectivity index (χ3v) is 4.88. The molecule has 0 unspecified atom stereocenters. The Morgan fingerprint density at radius 2 is 2.00 bits per heavy atom. The average molecular weight is 364 g/mol. The molecule has 0 aromatic carbocycles. The lowest BCUT2D eigenvalue weighted by molar-refractivity contribution is -0.176. The third-order valence-electron chi connectivity index (χ3n) is 3.89. The van der Waals surface area contributed by atoms with Crippen LogP contribution in [0.1, 0.15) is 25.6 Å². The van der Waals surface area contributed by atoms with E-state index in [1.807, 2.05) is 13.8 Å². The van der Waals surface area contributed by atoms with E-state index in [1.54, 1.807) is 16.7 Å². The fourth-order valence-electron chi connectivity index (χ4n) is 3.06. The van der Waals surface area contributed by atoms with E-state index in [4.69, 9.17) is 49.0 Å². The maximum atomic E-state index is 6.32. The van der Waals surface area contributed by atoms with E-state index in [-0.39, 0.29) is 18.3 Å². The van der Waals surface area contributed by atoms with Crippen molar-refractivity contribution >= 4 is 40.4 Å². The van der Waals surface area contributed by atoms with Gasteiger partial charge in [0.2, 0.25) is 0 Å². The molecular formula is C14H13Cl3N2O3. The molecule has 3 atom stereocenters. The molecular weight excluding hydrogens is 351 g/mol. The lowest BCUT2D eigenvalue weighted by Gasteiger charge is -2.21. The van der Waals surface area contributed by atoms with Crippen LogP contribution in [0.3, 0.4) is 0 Å². The summed E-state index contributed by atoms with van der Waals surface area (Å²) >= 11 is 18.5. The molecule has 8 heteroatoms. The first-order chi connectivity index (χ1) is 10.4. The minimum absolute atomic E-state index is 0.121. The first-order valence-electron chi connectivity index (χ1n) is 6.85. The van der Waals surface area contributed by atoms with E-state index in [1.165, 1.54) is 0 Å². The van der Waals surface area contributed by atoms with Gasteiger partial charge in [0.15, 0.2) is 10.9 Å². The van der Waals surface area contributed by atoms with Crippen molar-refractivity contribution in [1.82, 2.24) is 9.38 Å². The SMILES string of the molecule is CC1(C)O[C@H]2[C@@H](c3c(Cl)nc4cc(Cl)c(Cl)cn34)OC[C@H]2O1. The second kappa shape index (κ2) is 4.97. The summed E-state index contributed by atoms with van der Waals surface area (Å²) < 4.78 is 19.4. The molecule has 4 rings (SSSR count). The summed E-state index contributed by atoms with van der Waals surface area (Å²) in [4.78, 5) is 4.32. The monoisotopic (exact) mass is 362 g/mol. The molecule has 22 heavy (non-hydrogen) atoms. The topological polar surface area (TPSA) is 45.0 Å². The molecule has 0 N–H and O–H groups in total. The van der Waals surface area contributed by atoms with Gasteiger partial charge in [-0.25, -0.2) is 4.98 Å². The molecule has 4 heterocycles. The van der Waals surface area contributed by atoms with Gasteiger partial charge in [0.1, 0.15) is 24.0 Å². The molecule has 0 amide bonds. The van der Waals surface area contributed by atoms with Crippen LogP contribution in [0.5, 0.6) is 0 Å². The average Bonchev–Trinajstić information content (AvgIpc) is 3.00. The summed E-state index contributed by atoms with van der Waals surface area (Å²) in [6.45, 7) is 4.22. The lowest BCUT2D eigenvalue weighted by Crippen LogP contribution is -2.25. The molecule has 0 bridgehead atoms. The summed E-state index contributed by atoms with van der Waals surface area (Å²) in [6, 6.07) is 1.67. The number of halogens is 3. The number of pyridine rings is 1. The van der Waals surface area contributed by atoms with Gasteiger partial charge in [-0.3, -0.25) is 4.40 Å². The Morgan fingerprint density at radius 3 is 2.77 bits per heavy atom. The number of fused-ring (bicyclic) bond motifs is 2. The van der Waals surface area contributed by atoms with Crippen molar-refractivity contribution in [2.75, 3.05) is 6.61 Å². The van der Waals surface area contributed by atoms with Gasteiger partial charge < -0.3 is 14.2 Å². The van der Waals surface area contributed by atoms with Gasteiger partial charge in [0, 0.05) is 12.3 Å². The quantitative estimate of drug-likeness (QED) is 0.771. The van der Waals surface area contributed by atoms with Gasteiger partial charge in [-0.15, -0.1) is 0 Å². The van der Waals surface area contributed by atoms with E-state index in [2.05, 4.69) is 4.98 Å². The van der Waals surface area contributed by atoms with E-state index in [9.17, 15) is 0 Å². The number of nitrogens with zero attached hydrogens (tertiary/aromatic N) is 2. The third kappa shape index (κ3) is 2.23. The first-order valence-corrected chi connectivity index (χ1v) is 7.99. The minimum atomic E-state index is -0.634. The lowest BCUT2D eigenvalue weighted by atomic mass is 10.1. The number of rotatable bonds is 1. The van der Waals surface area contributed by atoms with Gasteiger partial charge in [0.25, 0.3) is 0 Å². The van der Waals surface area contributed by atoms with Crippen molar-refractivity contribution in [3.8, 4) is 0 Å². The predicted octanol–water partition coefficient (Wildman–Crippen LogP) is 3.89. The van der Waals surface area contributed by atoms with Crippen LogP contribution in [-0.2, 0) is 14.2 Å². The van der Waals surface area contributed by atoms with Gasteiger partial charge in [-0.1, -0.05) is 34.8 Å². The van der Waals surface area contributed by atoms with E-state index in [0.29, 0.717) is 33.1 Å². The fraction of sp³-hybridized carbons (Fsp3) is 0.500. The highest BCUT2D eigenvalue weighted by atomic mass is 35.5. The molecule has 0 spiro atoms. The van der Waals surface area contributed by atoms with Crippen LogP contribution in [0.25, 0.3) is 5.65 Å². The molecule has 2 aromatic rings. The molecule has 118 valence electrons. The van der Waals surface area contributed by atoms with Crippen molar-refractivity contribution in [3.05, 3.63) is 33.2 Å². The molecule has 2 aliphatic heterocycles. The molecule has 0 saturated carbocycles. The Hall–Kier alpha value is -0.560. The van der Waals surface area contributed by atoms with Crippen LogP contribution >= 0.6 is 34.8 Å². The summed E-state index contributed by atoms with van der Waals surface area (Å²) in [5.74, 6) is -0.634. The fourth-order valence-corrected chi connectivity index (χ4v) is 3.64. The van der Waals surface area contributed by atoms with Crippen LogP contribution < -0.4 is 0 Å². The maximum Gasteiger partial charge on any atom is 0.164 e. The number of hydrogen-bond acceptors (Lipinski definition) is 4. The Labute approximate surface area is 142 Å². The molecule has 5 nitrogen and oxygen atoms in total. The zero-order valence-electron chi connectivity index (χ0n) is 11.8. The summed E-state index contributed by atoms with van der Waals surface area (Å²) in [6.07, 6.45) is 0.961. The van der Waals surface area contributed by atoms with Gasteiger partial charge in [0.05, 0.1) is 22.3 Å². The van der Waals surface area contributed by atoms with E-state index >= 15 is 0 Å². The van der Waals surface area contributed by atoms with Crippen LogP contribution in [-0.4, -0.2) is 34.0 Å². The minimum Gasteiger partial charge on any atom is -0.366 e. The summed E-state index contributed by atoms with van der Waals surface area (Å²) in [7, 11) is 0. The highest BCUT2D eigenvalue weighted by Gasteiger charge is 2.52. The van der Waals surface area contributed by atoms with Crippen molar-refractivity contribution < 1.29 is 14.2 Å². The van der Waals surface area contributed by atoms with Crippen LogP contribution in [0.2, 0.25) is 15.2 Å². The summed E-state index contributed by atoms with van der Waals surface area (Å²) in [5, 5.41) is 1.19. The first kappa shape index (κ1) is 15.0. The van der Waals surface area contributed by atoms with E-state index < -0.39 is 5.79 Å². The van der Waals surface area contributed by atoms with Crippen LogP contribution in [0, 0.1) is 0 Å². The number of hydrogen-bond donors (Lipinski definition) is 0. The van der Waals surface area contributed by atoms with Gasteiger partial charge >= 0.3 is 0 Å². The Bertz CT molecular complexity index is 761. The van der Waals surface area contributed by atoms with Gasteiger partial charge in [-0.2, -0.15) is 0 Å². The standard InChI is InChI=1S/C14H13Cl3N2O3/c1-14(2)21-8-5-20-12(11(8)22-14)10-13(17)18-9-3-6(15)7(16)4-19(9)10/h3-4,8,11-12H,5H2,1-2H3/t8-,11-,12-/m1/s1. The smallest absolute Gasteiger partial charge is 0.164 e. The molecule has 0 radical (unpaired) electrons. The highest BCUT2D eigenvalue weighted by Crippen LogP contribution is 2.44. The van der Waals surface area contributed by atoms with Crippen molar-refractivity contribution in [2.24, 2.45) is 0 Å². The van der Waals surface area contributed by atoms with Crippen LogP contribution in [0.4, 0.5) is 0 Å². The van der Waals surface area contributed by atoms with E-state index in [0.717, 1.165) is 0 Å². The summed E-state index contributed by atoms with van der Waals surface area (Å²) in [5.41, 5.74) is 1.31. The Balaban J connectivity index is 1.81. The van der Waals surface area contributed by atoms with Crippen LogP contribution in [0.15, 0.2) is 12.3 Å². The molecule has 2 fully saturated rings. The Kier molecular flexibility index (Phi) is 3.39. The normalized spacial score (nSPS) is 30.1. The zero-order chi connectivity index (χ0) is 15.6. The number of imidazole rings is 1. The largest absolute Gasteiger partial charge is 0.366 e. The van der Waals surface area contributed by atoms with Crippen molar-refractivity contribution in [1.29, 1.82) is 0 Å². The van der Waals surface area contributed by atoms with Gasteiger partial charge in [-0.05, 0) is 13.8 Å². The molecule has 2 aliphatic rings. The Morgan fingerprint density at radius 1 is 1.23 bits per heavy atom. The number of aromatic nitrogens is 2. The predicted molar refractivity (Wildman–Crippen MR) is 82.7 cm³/mol. The van der Waals surface area contributed by atoms with Crippen molar-refractivity contribution in [3.63, 3.8) is 0 Å². The van der Waals surface area contributed by atoms with Crippen molar-refractivity contribution in [2.45, 2.75) is 37.9 Å². The molecule has 2 aromatic heterocycles. The second-order valence-electron chi connectivity index (χ2n) is 5.88. The maximum absolute atomic E-state index is 6.32. The molecule has 0 aliphatic carbocycles.